The number of thiophene rings is 1. The Labute approximate surface area is 131 Å². The van der Waals surface area contributed by atoms with Crippen LogP contribution in [0.2, 0.25) is 5.02 Å². The number of hydrogen-bond donors (Lipinski definition) is 1. The van der Waals surface area contributed by atoms with E-state index in [0.29, 0.717) is 27.6 Å². The lowest BCUT2D eigenvalue weighted by molar-refractivity contribution is -0.140. The lowest BCUT2D eigenvalue weighted by Gasteiger charge is -2.02. The topological polar surface area (TPSA) is 69.4 Å². The van der Waals surface area contributed by atoms with Crippen molar-refractivity contribution in [2.75, 3.05) is 12.8 Å². The van der Waals surface area contributed by atoms with E-state index in [1.807, 2.05) is 0 Å². The van der Waals surface area contributed by atoms with Crippen LogP contribution in [0.15, 0.2) is 30.3 Å². The maximum atomic E-state index is 12.4. The highest BCUT2D eigenvalue weighted by molar-refractivity contribution is 7.16. The summed E-state index contributed by atoms with van der Waals surface area (Å²) in [5.41, 5.74) is 6.75. The molecule has 1 aromatic heterocycles. The van der Waals surface area contributed by atoms with Gasteiger partial charge in [0.2, 0.25) is 0 Å². The number of hydrogen-bond acceptors (Lipinski definition) is 5. The molecular weight excluding hydrogens is 310 g/mol. The Morgan fingerprint density at radius 1 is 1.29 bits per heavy atom. The molecular formula is C15H14ClNO3S. The van der Waals surface area contributed by atoms with Gasteiger partial charge in [0.15, 0.2) is 5.78 Å². The van der Waals surface area contributed by atoms with E-state index in [9.17, 15) is 9.59 Å². The number of esters is 1. The van der Waals surface area contributed by atoms with Gasteiger partial charge in [-0.1, -0.05) is 23.7 Å². The summed E-state index contributed by atoms with van der Waals surface area (Å²) in [5, 5.41) is 0.823. The van der Waals surface area contributed by atoms with E-state index < -0.39 is 0 Å². The second-order valence-corrected chi connectivity index (χ2v) is 5.95. The molecule has 0 bridgehead atoms. The third-order valence-corrected chi connectivity index (χ3v) is 4.33. The fraction of sp³-hybridized carbons (Fsp3) is 0.200. The van der Waals surface area contributed by atoms with Gasteiger partial charge < -0.3 is 10.5 Å². The normalized spacial score (nSPS) is 10.4. The molecule has 6 heteroatoms. The summed E-state index contributed by atoms with van der Waals surface area (Å²) in [4.78, 5) is 24.5. The van der Waals surface area contributed by atoms with Crippen molar-refractivity contribution in [3.8, 4) is 0 Å². The van der Waals surface area contributed by atoms with Crippen LogP contribution in [0.5, 0.6) is 0 Å². The molecule has 0 saturated carbocycles. The van der Waals surface area contributed by atoms with Crippen molar-refractivity contribution in [1.82, 2.24) is 0 Å². The molecule has 2 rings (SSSR count). The van der Waals surface area contributed by atoms with Crippen LogP contribution in [0.3, 0.4) is 0 Å². The van der Waals surface area contributed by atoms with E-state index in [1.54, 1.807) is 30.3 Å². The lowest BCUT2D eigenvalue weighted by atomic mass is 10.0. The minimum Gasteiger partial charge on any atom is -0.469 e. The number of methoxy groups -OCH3 is 1. The number of nitrogen functional groups attached to an aromatic ring is 1. The summed E-state index contributed by atoms with van der Waals surface area (Å²) >= 11 is 7.33. The first kappa shape index (κ1) is 15.5. The predicted molar refractivity (Wildman–Crippen MR) is 84.0 cm³/mol. The van der Waals surface area contributed by atoms with E-state index in [1.165, 1.54) is 18.4 Å². The smallest absolute Gasteiger partial charge is 0.305 e. The van der Waals surface area contributed by atoms with Crippen molar-refractivity contribution < 1.29 is 14.3 Å². The molecule has 110 valence electrons. The molecule has 0 unspecified atom stereocenters. The van der Waals surface area contributed by atoms with Crippen molar-refractivity contribution in [2.24, 2.45) is 0 Å². The van der Waals surface area contributed by atoms with Crippen LogP contribution in [0.1, 0.15) is 27.2 Å². The van der Waals surface area contributed by atoms with Gasteiger partial charge in [-0.05, 0) is 24.6 Å². The number of carbonyl (C=O) groups is 2. The van der Waals surface area contributed by atoms with Gasteiger partial charge in [-0.15, -0.1) is 11.3 Å². The van der Waals surface area contributed by atoms with Gasteiger partial charge in [0.05, 0.1) is 29.1 Å². The van der Waals surface area contributed by atoms with Gasteiger partial charge in [0.1, 0.15) is 0 Å². The number of benzene rings is 1. The van der Waals surface area contributed by atoms with E-state index in [0.717, 1.165) is 4.88 Å². The average molecular weight is 324 g/mol. The maximum Gasteiger partial charge on any atom is 0.305 e. The number of aryl methyl sites for hydroxylation is 1. The molecule has 2 aromatic rings. The molecule has 0 aliphatic heterocycles. The summed E-state index contributed by atoms with van der Waals surface area (Å²) in [5.74, 6) is -0.500. The minimum absolute atomic E-state index is 0.210. The van der Waals surface area contributed by atoms with Crippen molar-refractivity contribution in [1.29, 1.82) is 0 Å². The van der Waals surface area contributed by atoms with Crippen LogP contribution < -0.4 is 5.73 Å². The Bertz CT molecular complexity index is 681. The molecule has 0 amide bonds. The standard InChI is InChI=1S/C15H14ClNO3S/c1-20-13(18)7-6-9-8-11(15(17)21-9)14(19)10-4-2-3-5-12(10)16/h2-5,8H,6-7,17H2,1H3. The predicted octanol–water partition coefficient (Wildman–Crippen LogP) is 3.32. The molecule has 0 fully saturated rings. The third kappa shape index (κ3) is 3.62. The Morgan fingerprint density at radius 3 is 2.67 bits per heavy atom. The lowest BCUT2D eigenvalue weighted by Crippen LogP contribution is -2.03. The molecule has 21 heavy (non-hydrogen) atoms. The van der Waals surface area contributed by atoms with Gasteiger partial charge in [0, 0.05) is 10.4 Å². The van der Waals surface area contributed by atoms with E-state index >= 15 is 0 Å². The van der Waals surface area contributed by atoms with Crippen molar-refractivity contribution >= 4 is 39.7 Å². The van der Waals surface area contributed by atoms with Gasteiger partial charge in [0.25, 0.3) is 0 Å². The summed E-state index contributed by atoms with van der Waals surface area (Å²) < 4.78 is 4.59. The van der Waals surface area contributed by atoms with Crippen LogP contribution >= 0.6 is 22.9 Å². The van der Waals surface area contributed by atoms with Crippen molar-refractivity contribution in [3.63, 3.8) is 0 Å². The first-order valence-corrected chi connectivity index (χ1v) is 7.46. The van der Waals surface area contributed by atoms with E-state index in [2.05, 4.69) is 4.74 Å². The Balaban J connectivity index is 2.21. The number of ether oxygens (including phenoxy) is 1. The SMILES string of the molecule is COC(=O)CCc1cc(C(=O)c2ccccc2Cl)c(N)s1. The number of rotatable bonds is 5. The molecule has 0 aliphatic rings. The van der Waals surface area contributed by atoms with Gasteiger partial charge in [-0.25, -0.2) is 0 Å². The molecule has 4 nitrogen and oxygen atoms in total. The third-order valence-electron chi connectivity index (χ3n) is 2.98. The number of ketones is 1. The van der Waals surface area contributed by atoms with Crippen LogP contribution in [0, 0.1) is 0 Å². The summed E-state index contributed by atoms with van der Waals surface area (Å²) in [6.45, 7) is 0. The zero-order valence-corrected chi connectivity index (χ0v) is 13.0. The zero-order chi connectivity index (χ0) is 15.4. The maximum absolute atomic E-state index is 12.4. The molecule has 1 aromatic carbocycles. The quantitative estimate of drug-likeness (QED) is 0.677. The van der Waals surface area contributed by atoms with Crippen LogP contribution in [0.25, 0.3) is 0 Å². The Hall–Kier alpha value is -1.85. The second-order valence-electron chi connectivity index (χ2n) is 4.38. The Morgan fingerprint density at radius 2 is 2.00 bits per heavy atom. The molecule has 0 aliphatic carbocycles. The van der Waals surface area contributed by atoms with E-state index in [4.69, 9.17) is 17.3 Å². The fourth-order valence-electron chi connectivity index (χ4n) is 1.88. The average Bonchev–Trinajstić information content (AvgIpc) is 2.85. The summed E-state index contributed by atoms with van der Waals surface area (Å²) in [6.07, 6.45) is 0.757. The van der Waals surface area contributed by atoms with Crippen LogP contribution in [-0.2, 0) is 16.0 Å². The first-order valence-electron chi connectivity index (χ1n) is 6.27. The first-order chi connectivity index (χ1) is 10.0. The van der Waals surface area contributed by atoms with Gasteiger partial charge in [-0.3, -0.25) is 9.59 Å². The molecule has 2 N–H and O–H groups in total. The van der Waals surface area contributed by atoms with Crippen molar-refractivity contribution in [2.45, 2.75) is 12.8 Å². The highest BCUT2D eigenvalue weighted by Gasteiger charge is 2.18. The fourth-order valence-corrected chi connectivity index (χ4v) is 3.02. The summed E-state index contributed by atoms with van der Waals surface area (Å²) in [7, 11) is 1.34. The van der Waals surface area contributed by atoms with E-state index in [-0.39, 0.29) is 18.2 Å². The number of anilines is 1. The molecule has 1 heterocycles. The molecule has 0 atom stereocenters. The molecule has 0 radical (unpaired) electrons. The monoisotopic (exact) mass is 323 g/mol. The van der Waals surface area contributed by atoms with Crippen LogP contribution in [-0.4, -0.2) is 18.9 Å². The molecule has 0 spiro atoms. The van der Waals surface area contributed by atoms with Crippen LogP contribution in [0.4, 0.5) is 5.00 Å². The number of halogens is 1. The van der Waals surface area contributed by atoms with Gasteiger partial charge in [-0.2, -0.15) is 0 Å². The Kier molecular flexibility index (Phi) is 4.98. The minimum atomic E-state index is -0.291. The van der Waals surface area contributed by atoms with Gasteiger partial charge >= 0.3 is 5.97 Å². The largest absolute Gasteiger partial charge is 0.469 e. The van der Waals surface area contributed by atoms with Crippen molar-refractivity contribution in [3.05, 3.63) is 51.4 Å². The highest BCUT2D eigenvalue weighted by atomic mass is 35.5. The zero-order valence-electron chi connectivity index (χ0n) is 11.4. The highest BCUT2D eigenvalue weighted by Crippen LogP contribution is 2.30. The summed E-state index contributed by atoms with van der Waals surface area (Å²) in [6, 6.07) is 8.55. The molecule has 0 saturated heterocycles. The second kappa shape index (κ2) is 6.74. The number of nitrogens with two attached hydrogens (primary N) is 1. The number of carbonyl (C=O) groups excluding carboxylic acids is 2.